The van der Waals surface area contributed by atoms with Crippen molar-refractivity contribution < 1.29 is 19.5 Å². The fraction of sp³-hybridized carbons (Fsp3) is 0.294. The van der Waals surface area contributed by atoms with Crippen molar-refractivity contribution in [2.24, 2.45) is 5.73 Å². The van der Waals surface area contributed by atoms with E-state index in [-0.39, 0.29) is 16.7 Å². The molecule has 3 N–H and O–H groups in total. The first-order valence-corrected chi connectivity index (χ1v) is 7.75. The van der Waals surface area contributed by atoms with E-state index >= 15 is 0 Å². The molecule has 2 amide bonds. The van der Waals surface area contributed by atoms with Gasteiger partial charge in [0.1, 0.15) is 5.75 Å². The summed E-state index contributed by atoms with van der Waals surface area (Å²) in [6, 6.07) is 6.87. The number of methoxy groups -OCH3 is 1. The molecule has 1 fully saturated rings. The Balaban J connectivity index is 2.06. The molecule has 1 atom stereocenters. The molecule has 1 unspecified atom stereocenters. The second kappa shape index (κ2) is 5.19. The van der Waals surface area contributed by atoms with Gasteiger partial charge in [-0.15, -0.1) is 5.06 Å². The Morgan fingerprint density at radius 1 is 1.25 bits per heavy atom. The zero-order valence-corrected chi connectivity index (χ0v) is 13.2. The van der Waals surface area contributed by atoms with Crippen LogP contribution in [0.15, 0.2) is 24.3 Å². The van der Waals surface area contributed by atoms with Gasteiger partial charge in [0.25, 0.3) is 11.8 Å². The molecule has 2 aliphatic heterocycles. The van der Waals surface area contributed by atoms with Crippen LogP contribution in [-0.4, -0.2) is 48.3 Å². The molecule has 2 aromatic rings. The molecule has 0 saturated carbocycles. The Labute approximate surface area is 138 Å². The molecule has 0 radical (unpaired) electrons. The highest BCUT2D eigenvalue weighted by atomic mass is 16.5. The van der Waals surface area contributed by atoms with Crippen LogP contribution in [0.1, 0.15) is 27.1 Å². The minimum Gasteiger partial charge on any atom is -0.495 e. The molecule has 1 saturated heterocycles. The first kappa shape index (κ1) is 14.9. The van der Waals surface area contributed by atoms with Crippen molar-refractivity contribution in [3.8, 4) is 5.75 Å². The third-order valence-electron chi connectivity index (χ3n) is 4.70. The smallest absolute Gasteiger partial charge is 0.285 e. The van der Waals surface area contributed by atoms with Gasteiger partial charge < -0.3 is 15.4 Å². The predicted molar refractivity (Wildman–Crippen MR) is 87.6 cm³/mol. The molecular formula is C17H17N3O4. The summed E-state index contributed by atoms with van der Waals surface area (Å²) in [6.45, 7) is 1.47. The summed E-state index contributed by atoms with van der Waals surface area (Å²) in [4.78, 5) is 26.7. The lowest BCUT2D eigenvalue weighted by Crippen LogP contribution is -2.37. The van der Waals surface area contributed by atoms with Crippen molar-refractivity contribution in [1.82, 2.24) is 5.06 Å². The van der Waals surface area contributed by atoms with Gasteiger partial charge in [-0.05, 0) is 18.6 Å². The highest BCUT2D eigenvalue weighted by Gasteiger charge is 2.35. The summed E-state index contributed by atoms with van der Waals surface area (Å²) >= 11 is 0. The number of rotatable bonds is 2. The first-order valence-electron chi connectivity index (χ1n) is 7.75. The average Bonchev–Trinajstić information content (AvgIpc) is 3.02. The van der Waals surface area contributed by atoms with Crippen LogP contribution in [0, 0.1) is 0 Å². The van der Waals surface area contributed by atoms with Crippen LogP contribution in [0.25, 0.3) is 10.8 Å². The summed E-state index contributed by atoms with van der Waals surface area (Å²) < 4.78 is 5.50. The van der Waals surface area contributed by atoms with E-state index in [1.165, 1.54) is 7.11 Å². The van der Waals surface area contributed by atoms with E-state index in [0.717, 1.165) is 24.0 Å². The summed E-state index contributed by atoms with van der Waals surface area (Å²) in [7, 11) is 1.53. The minimum absolute atomic E-state index is 0.0803. The summed E-state index contributed by atoms with van der Waals surface area (Å²) in [5.41, 5.74) is 7.42. The second-order valence-electron chi connectivity index (χ2n) is 6.12. The third-order valence-corrected chi connectivity index (χ3v) is 4.70. The molecule has 2 aliphatic rings. The summed E-state index contributed by atoms with van der Waals surface area (Å²) in [5, 5.41) is 11.3. The quantitative estimate of drug-likeness (QED) is 0.639. The Bertz CT molecular complexity index is 880. The van der Waals surface area contributed by atoms with E-state index in [4.69, 9.17) is 10.5 Å². The Hall–Kier alpha value is -2.64. The third kappa shape index (κ3) is 1.92. The normalized spacial score (nSPS) is 20.2. The van der Waals surface area contributed by atoms with Gasteiger partial charge >= 0.3 is 0 Å². The SMILES string of the molecule is COc1cc2c3c(cccc3c1N1CCC(N)C1)C(=O)N(O)C2=O. The van der Waals surface area contributed by atoms with Crippen LogP contribution in [0.2, 0.25) is 0 Å². The second-order valence-corrected chi connectivity index (χ2v) is 6.12. The van der Waals surface area contributed by atoms with Gasteiger partial charge in [-0.25, -0.2) is 0 Å². The number of nitrogens with zero attached hydrogens (tertiary/aromatic N) is 2. The molecule has 0 aliphatic carbocycles. The number of hydrogen-bond acceptors (Lipinski definition) is 6. The van der Waals surface area contributed by atoms with Crippen molar-refractivity contribution in [3.05, 3.63) is 35.4 Å². The van der Waals surface area contributed by atoms with E-state index in [0.29, 0.717) is 23.2 Å². The number of hydroxylamine groups is 2. The van der Waals surface area contributed by atoms with Crippen LogP contribution in [0.3, 0.4) is 0 Å². The predicted octanol–water partition coefficient (Wildman–Crippen LogP) is 1.37. The van der Waals surface area contributed by atoms with Crippen molar-refractivity contribution in [2.45, 2.75) is 12.5 Å². The van der Waals surface area contributed by atoms with Gasteiger partial charge in [0.05, 0.1) is 23.9 Å². The van der Waals surface area contributed by atoms with Crippen LogP contribution in [0.4, 0.5) is 5.69 Å². The zero-order valence-electron chi connectivity index (χ0n) is 13.2. The lowest BCUT2D eigenvalue weighted by atomic mass is 9.93. The number of hydrogen-bond donors (Lipinski definition) is 2. The number of benzene rings is 2. The topological polar surface area (TPSA) is 96.1 Å². The number of amides is 2. The molecule has 2 heterocycles. The lowest BCUT2D eigenvalue weighted by molar-refractivity contribution is -0.0377. The summed E-state index contributed by atoms with van der Waals surface area (Å²) in [5.74, 6) is -0.932. The maximum atomic E-state index is 12.3. The van der Waals surface area contributed by atoms with Gasteiger partial charge in [-0.2, -0.15) is 0 Å². The number of imide groups is 1. The Morgan fingerprint density at radius 3 is 2.67 bits per heavy atom. The largest absolute Gasteiger partial charge is 0.495 e. The number of ether oxygens (including phenoxy) is 1. The van der Waals surface area contributed by atoms with Gasteiger partial charge in [-0.3, -0.25) is 14.8 Å². The standard InChI is InChI=1S/C17H17N3O4/c1-24-13-7-12-14-10(15(13)19-6-5-9(18)8-19)3-2-4-11(14)16(21)20(23)17(12)22/h2-4,7,9,23H,5-6,8,18H2,1H3. The van der Waals surface area contributed by atoms with Crippen LogP contribution >= 0.6 is 0 Å². The molecule has 0 spiro atoms. The van der Waals surface area contributed by atoms with Gasteiger partial charge in [0.15, 0.2) is 0 Å². The lowest BCUT2D eigenvalue weighted by Gasteiger charge is -2.27. The van der Waals surface area contributed by atoms with Crippen molar-refractivity contribution in [1.29, 1.82) is 0 Å². The van der Waals surface area contributed by atoms with Gasteiger partial charge in [0.2, 0.25) is 0 Å². The molecule has 2 aromatic carbocycles. The Kier molecular flexibility index (Phi) is 3.22. The monoisotopic (exact) mass is 327 g/mol. The number of nitrogens with two attached hydrogens (primary N) is 1. The van der Waals surface area contributed by atoms with Gasteiger partial charge in [-0.1, -0.05) is 12.1 Å². The van der Waals surface area contributed by atoms with Crippen molar-refractivity contribution >= 4 is 28.3 Å². The minimum atomic E-state index is -0.744. The van der Waals surface area contributed by atoms with E-state index in [2.05, 4.69) is 4.90 Å². The molecular weight excluding hydrogens is 310 g/mol. The van der Waals surface area contributed by atoms with Crippen LogP contribution < -0.4 is 15.4 Å². The Morgan fingerprint density at radius 2 is 2.00 bits per heavy atom. The fourth-order valence-electron chi connectivity index (χ4n) is 3.58. The molecule has 0 bridgehead atoms. The maximum absolute atomic E-state index is 12.3. The van der Waals surface area contributed by atoms with Crippen LogP contribution in [-0.2, 0) is 0 Å². The highest BCUT2D eigenvalue weighted by Crippen LogP contribution is 2.43. The average molecular weight is 327 g/mol. The molecule has 7 heteroatoms. The zero-order chi connectivity index (χ0) is 17.0. The van der Waals surface area contributed by atoms with E-state index in [1.54, 1.807) is 18.2 Å². The highest BCUT2D eigenvalue weighted by molar-refractivity contribution is 6.26. The van der Waals surface area contributed by atoms with Crippen LogP contribution in [0.5, 0.6) is 5.75 Å². The summed E-state index contributed by atoms with van der Waals surface area (Å²) in [6.07, 6.45) is 0.869. The maximum Gasteiger partial charge on any atom is 0.285 e. The van der Waals surface area contributed by atoms with Crippen molar-refractivity contribution in [3.63, 3.8) is 0 Å². The number of carbonyl (C=O) groups is 2. The van der Waals surface area contributed by atoms with E-state index in [9.17, 15) is 14.8 Å². The first-order chi connectivity index (χ1) is 11.5. The van der Waals surface area contributed by atoms with E-state index in [1.807, 2.05) is 6.07 Å². The van der Waals surface area contributed by atoms with E-state index < -0.39 is 11.8 Å². The molecule has 124 valence electrons. The number of carbonyl (C=O) groups excluding carboxylic acids is 2. The molecule has 4 rings (SSSR count). The molecule has 24 heavy (non-hydrogen) atoms. The van der Waals surface area contributed by atoms with Gasteiger partial charge in [0, 0.05) is 29.9 Å². The van der Waals surface area contributed by atoms with Crippen molar-refractivity contribution in [2.75, 3.05) is 25.1 Å². The molecule has 7 nitrogen and oxygen atoms in total. The molecule has 0 aromatic heterocycles. The number of anilines is 1. The fourth-order valence-corrected chi connectivity index (χ4v) is 3.58.